The van der Waals surface area contributed by atoms with Crippen LogP contribution in [0, 0.1) is 0 Å². The Balaban J connectivity index is 1.49. The van der Waals surface area contributed by atoms with Gasteiger partial charge in [0.1, 0.15) is 0 Å². The van der Waals surface area contributed by atoms with E-state index in [0.29, 0.717) is 11.6 Å². The molecule has 0 fully saturated rings. The minimum absolute atomic E-state index is 0.0742. The molecule has 1 N–H and O–H groups in total. The van der Waals surface area contributed by atoms with Crippen LogP contribution in [0.3, 0.4) is 0 Å². The lowest BCUT2D eigenvalue weighted by molar-refractivity contribution is -0.143. The number of amides is 1. The van der Waals surface area contributed by atoms with E-state index < -0.39 is 36.0 Å². The SMILES string of the molecule is O=C(CCC(=O)OCC(=O)c1ccc2ccccc2c1)Nc1cc(C(F)(F)F)ccc1Cl. The third kappa shape index (κ3) is 6.07. The van der Waals surface area contributed by atoms with Crippen molar-refractivity contribution in [3.63, 3.8) is 0 Å². The first-order chi connectivity index (χ1) is 15.1. The van der Waals surface area contributed by atoms with Crippen LogP contribution in [0.4, 0.5) is 18.9 Å². The number of halogens is 4. The Morgan fingerprint density at radius 2 is 1.62 bits per heavy atom. The highest BCUT2D eigenvalue weighted by Crippen LogP contribution is 2.33. The van der Waals surface area contributed by atoms with E-state index in [1.165, 1.54) is 0 Å². The quantitative estimate of drug-likeness (QED) is 0.362. The van der Waals surface area contributed by atoms with Crippen molar-refractivity contribution < 1.29 is 32.3 Å². The molecule has 0 saturated heterocycles. The molecule has 5 nitrogen and oxygen atoms in total. The maximum Gasteiger partial charge on any atom is 0.416 e. The average Bonchev–Trinajstić information content (AvgIpc) is 2.76. The highest BCUT2D eigenvalue weighted by atomic mass is 35.5. The zero-order valence-corrected chi connectivity index (χ0v) is 17.3. The number of Topliss-reactive ketones (excluding diaryl/α,β-unsaturated/α-hetero) is 1. The molecule has 9 heteroatoms. The van der Waals surface area contributed by atoms with Gasteiger partial charge in [0.05, 0.1) is 22.7 Å². The summed E-state index contributed by atoms with van der Waals surface area (Å²) in [6.07, 6.45) is -5.30. The molecule has 0 aliphatic carbocycles. The first-order valence-electron chi connectivity index (χ1n) is 9.48. The van der Waals surface area contributed by atoms with E-state index in [0.717, 1.165) is 22.9 Å². The Morgan fingerprint density at radius 1 is 0.906 bits per heavy atom. The zero-order chi connectivity index (χ0) is 23.3. The predicted molar refractivity (Wildman–Crippen MR) is 114 cm³/mol. The van der Waals surface area contributed by atoms with Gasteiger partial charge in [-0.15, -0.1) is 0 Å². The van der Waals surface area contributed by atoms with Gasteiger partial charge in [0.15, 0.2) is 12.4 Å². The first-order valence-corrected chi connectivity index (χ1v) is 9.85. The van der Waals surface area contributed by atoms with Gasteiger partial charge in [-0.3, -0.25) is 14.4 Å². The van der Waals surface area contributed by atoms with Gasteiger partial charge in [-0.2, -0.15) is 13.2 Å². The van der Waals surface area contributed by atoms with Crippen LogP contribution in [-0.4, -0.2) is 24.3 Å². The molecule has 0 unspecified atom stereocenters. The Morgan fingerprint density at radius 3 is 2.34 bits per heavy atom. The molecule has 32 heavy (non-hydrogen) atoms. The summed E-state index contributed by atoms with van der Waals surface area (Å²) in [5.74, 6) is -1.90. The number of esters is 1. The van der Waals surface area contributed by atoms with Crippen molar-refractivity contribution in [1.82, 2.24) is 0 Å². The Hall–Kier alpha value is -3.39. The van der Waals surface area contributed by atoms with Crippen LogP contribution >= 0.6 is 11.6 Å². The lowest BCUT2D eigenvalue weighted by Crippen LogP contribution is -2.18. The number of anilines is 1. The largest absolute Gasteiger partial charge is 0.457 e. The maximum atomic E-state index is 12.8. The van der Waals surface area contributed by atoms with Crippen molar-refractivity contribution in [2.45, 2.75) is 19.0 Å². The van der Waals surface area contributed by atoms with Crippen LogP contribution in [0.1, 0.15) is 28.8 Å². The lowest BCUT2D eigenvalue weighted by atomic mass is 10.0. The fourth-order valence-electron chi connectivity index (χ4n) is 2.89. The third-order valence-electron chi connectivity index (χ3n) is 4.56. The standard InChI is InChI=1S/C23H17ClF3NO4/c24-18-8-7-17(23(25,26)27)12-19(18)28-21(30)9-10-22(31)32-13-20(29)16-6-5-14-3-1-2-4-15(14)11-16/h1-8,11-12H,9-10,13H2,(H,28,30). The molecule has 1 amide bonds. The highest BCUT2D eigenvalue weighted by Gasteiger charge is 2.31. The van der Waals surface area contributed by atoms with Gasteiger partial charge in [0, 0.05) is 12.0 Å². The molecule has 0 saturated carbocycles. The summed E-state index contributed by atoms with van der Waals surface area (Å²) in [5.41, 5.74) is -0.802. The topological polar surface area (TPSA) is 72.5 Å². The molecule has 0 atom stereocenters. The van der Waals surface area contributed by atoms with Gasteiger partial charge >= 0.3 is 12.1 Å². The van der Waals surface area contributed by atoms with E-state index in [2.05, 4.69) is 5.32 Å². The number of hydrogen-bond donors (Lipinski definition) is 1. The number of carbonyl (C=O) groups is 3. The third-order valence-corrected chi connectivity index (χ3v) is 4.89. The smallest absolute Gasteiger partial charge is 0.416 e. The Kier molecular flexibility index (Phi) is 7.15. The molecular weight excluding hydrogens is 447 g/mol. The summed E-state index contributed by atoms with van der Waals surface area (Å²) < 4.78 is 43.3. The van der Waals surface area contributed by atoms with E-state index in [9.17, 15) is 27.6 Å². The van der Waals surface area contributed by atoms with Gasteiger partial charge in [-0.05, 0) is 35.0 Å². The number of alkyl halides is 3. The van der Waals surface area contributed by atoms with Crippen molar-refractivity contribution in [3.05, 3.63) is 76.8 Å². The predicted octanol–water partition coefficient (Wildman–Crippen LogP) is 5.66. The van der Waals surface area contributed by atoms with E-state index in [-0.39, 0.29) is 23.6 Å². The summed E-state index contributed by atoms with van der Waals surface area (Å²) in [7, 11) is 0. The van der Waals surface area contributed by atoms with Crippen LogP contribution in [0.25, 0.3) is 10.8 Å². The number of benzene rings is 3. The summed E-state index contributed by atoms with van der Waals surface area (Å²) in [4.78, 5) is 36.1. The van der Waals surface area contributed by atoms with E-state index in [4.69, 9.17) is 16.3 Å². The molecule has 0 bridgehead atoms. The second-order valence-corrected chi connectivity index (χ2v) is 7.29. The molecule has 166 valence electrons. The second-order valence-electron chi connectivity index (χ2n) is 6.89. The van der Waals surface area contributed by atoms with Gasteiger partial charge < -0.3 is 10.1 Å². The van der Waals surface area contributed by atoms with Crippen LogP contribution < -0.4 is 5.32 Å². The molecule has 3 aromatic rings. The van der Waals surface area contributed by atoms with Crippen LogP contribution in [0.15, 0.2) is 60.7 Å². The lowest BCUT2D eigenvalue weighted by Gasteiger charge is -2.11. The first kappa shape index (κ1) is 23.3. The summed E-state index contributed by atoms with van der Waals surface area (Å²) in [6.45, 7) is -0.488. The van der Waals surface area contributed by atoms with Crippen LogP contribution in [0.5, 0.6) is 0 Å². The van der Waals surface area contributed by atoms with Crippen molar-refractivity contribution in [2.75, 3.05) is 11.9 Å². The van der Waals surface area contributed by atoms with E-state index in [1.807, 2.05) is 24.3 Å². The molecular formula is C23H17ClF3NO4. The fourth-order valence-corrected chi connectivity index (χ4v) is 3.05. The van der Waals surface area contributed by atoms with Gasteiger partial charge in [-0.1, -0.05) is 48.0 Å². The number of ether oxygens (including phenoxy) is 1. The van der Waals surface area contributed by atoms with E-state index >= 15 is 0 Å². The number of carbonyl (C=O) groups excluding carboxylic acids is 3. The molecule has 0 heterocycles. The molecule has 3 aromatic carbocycles. The summed E-state index contributed by atoms with van der Waals surface area (Å²) >= 11 is 5.82. The minimum atomic E-state index is -4.59. The van der Waals surface area contributed by atoms with Gasteiger partial charge in [0.25, 0.3) is 0 Å². The zero-order valence-electron chi connectivity index (χ0n) is 16.5. The molecule has 0 aliphatic heterocycles. The summed E-state index contributed by atoms with van der Waals surface area (Å²) in [5, 5.41) is 4.00. The van der Waals surface area contributed by atoms with E-state index in [1.54, 1.807) is 18.2 Å². The highest BCUT2D eigenvalue weighted by molar-refractivity contribution is 6.33. The van der Waals surface area contributed by atoms with Crippen molar-refractivity contribution in [1.29, 1.82) is 0 Å². The fraction of sp³-hybridized carbons (Fsp3) is 0.174. The van der Waals surface area contributed by atoms with Gasteiger partial charge in [0.2, 0.25) is 5.91 Å². The van der Waals surface area contributed by atoms with Crippen molar-refractivity contribution in [3.8, 4) is 0 Å². The molecule has 0 spiro atoms. The molecule has 0 aromatic heterocycles. The monoisotopic (exact) mass is 463 g/mol. The second kappa shape index (κ2) is 9.82. The van der Waals surface area contributed by atoms with Crippen molar-refractivity contribution >= 4 is 45.7 Å². The average molecular weight is 464 g/mol. The Labute approximate surface area is 186 Å². The number of ketones is 1. The number of rotatable bonds is 7. The maximum absolute atomic E-state index is 12.8. The normalized spacial score (nSPS) is 11.2. The number of hydrogen-bond acceptors (Lipinski definition) is 4. The number of nitrogens with one attached hydrogen (secondary N) is 1. The van der Waals surface area contributed by atoms with Crippen LogP contribution in [0.2, 0.25) is 5.02 Å². The Bertz CT molecular complexity index is 1180. The molecule has 3 rings (SSSR count). The van der Waals surface area contributed by atoms with Crippen LogP contribution in [-0.2, 0) is 20.5 Å². The molecule has 0 radical (unpaired) electrons. The minimum Gasteiger partial charge on any atom is -0.457 e. The van der Waals surface area contributed by atoms with Gasteiger partial charge in [-0.25, -0.2) is 0 Å². The number of fused-ring (bicyclic) bond motifs is 1. The molecule has 0 aliphatic rings. The van der Waals surface area contributed by atoms with Crippen molar-refractivity contribution in [2.24, 2.45) is 0 Å². The summed E-state index contributed by atoms with van der Waals surface area (Å²) in [6, 6.07) is 15.1.